The molecule has 8 heteroatoms. The van der Waals surface area contributed by atoms with Crippen LogP contribution in [0.3, 0.4) is 0 Å². The Kier molecular flexibility index (Phi) is 8.30. The summed E-state index contributed by atoms with van der Waals surface area (Å²) in [6.45, 7) is 1.00. The van der Waals surface area contributed by atoms with E-state index >= 15 is 0 Å². The number of nitrogens with one attached hydrogen (secondary N) is 1. The maximum absolute atomic E-state index is 11.9. The van der Waals surface area contributed by atoms with E-state index < -0.39 is 25.1 Å². The van der Waals surface area contributed by atoms with E-state index in [9.17, 15) is 9.59 Å². The van der Waals surface area contributed by atoms with Gasteiger partial charge in [-0.3, -0.25) is 4.79 Å². The molecule has 2 aromatic rings. The second kappa shape index (κ2) is 10.9. The van der Waals surface area contributed by atoms with E-state index in [2.05, 4.69) is 10.5 Å². The SMILES string of the molecule is COc1ccc(/C=N\OCC(=O)OCC(=O)N[C@@H](C)c2cccc(Cl)c2)cc1. The highest BCUT2D eigenvalue weighted by atomic mass is 35.5. The third-order valence-electron chi connectivity index (χ3n) is 3.66. The quantitative estimate of drug-likeness (QED) is 0.394. The first-order valence-corrected chi connectivity index (χ1v) is 8.85. The Bertz CT molecular complexity index is 824. The molecular formula is C20H21ClN2O5. The van der Waals surface area contributed by atoms with Crippen LogP contribution in [0.1, 0.15) is 24.1 Å². The minimum Gasteiger partial charge on any atom is -0.497 e. The van der Waals surface area contributed by atoms with Gasteiger partial charge in [0.15, 0.2) is 6.61 Å². The van der Waals surface area contributed by atoms with Gasteiger partial charge in [0.1, 0.15) is 5.75 Å². The number of oxime groups is 1. The third kappa shape index (κ3) is 7.28. The molecular weight excluding hydrogens is 384 g/mol. The van der Waals surface area contributed by atoms with Crippen LogP contribution in [0.5, 0.6) is 5.75 Å². The summed E-state index contributed by atoms with van der Waals surface area (Å²) in [7, 11) is 1.58. The Hall–Kier alpha value is -3.06. The lowest BCUT2D eigenvalue weighted by atomic mass is 10.1. The zero-order valence-electron chi connectivity index (χ0n) is 15.6. The van der Waals surface area contributed by atoms with Crippen LogP contribution in [-0.4, -0.2) is 38.4 Å². The lowest BCUT2D eigenvalue weighted by Crippen LogP contribution is -2.31. The monoisotopic (exact) mass is 404 g/mol. The van der Waals surface area contributed by atoms with Crippen molar-refractivity contribution in [3.05, 3.63) is 64.7 Å². The summed E-state index contributed by atoms with van der Waals surface area (Å²) < 4.78 is 9.91. The Labute approximate surface area is 168 Å². The number of methoxy groups -OCH3 is 1. The molecule has 7 nitrogen and oxygen atoms in total. The van der Waals surface area contributed by atoms with E-state index in [1.54, 1.807) is 49.6 Å². The van der Waals surface area contributed by atoms with Crippen molar-refractivity contribution in [2.45, 2.75) is 13.0 Å². The largest absolute Gasteiger partial charge is 0.497 e. The van der Waals surface area contributed by atoms with Crippen LogP contribution < -0.4 is 10.1 Å². The van der Waals surface area contributed by atoms with Crippen LogP contribution in [0.25, 0.3) is 0 Å². The molecule has 0 spiro atoms. The number of hydrogen-bond acceptors (Lipinski definition) is 6. The fourth-order valence-corrected chi connectivity index (χ4v) is 2.41. The number of carbonyl (C=O) groups is 2. The smallest absolute Gasteiger partial charge is 0.347 e. The standard InChI is InChI=1S/C20H21ClN2O5/c1-14(16-4-3-5-17(21)10-16)23-19(24)12-27-20(25)13-28-22-11-15-6-8-18(26-2)9-7-15/h3-11,14H,12-13H2,1-2H3,(H,23,24)/b22-11-/t14-/m0/s1. The average Bonchev–Trinajstić information content (AvgIpc) is 2.70. The van der Waals surface area contributed by atoms with Gasteiger partial charge in [-0.1, -0.05) is 28.9 Å². The van der Waals surface area contributed by atoms with Crippen LogP contribution in [-0.2, 0) is 19.2 Å². The maximum atomic E-state index is 11.9. The van der Waals surface area contributed by atoms with Gasteiger partial charge in [-0.2, -0.15) is 0 Å². The first kappa shape index (κ1) is 21.2. The van der Waals surface area contributed by atoms with Gasteiger partial charge in [0.25, 0.3) is 5.91 Å². The molecule has 0 aliphatic carbocycles. The van der Waals surface area contributed by atoms with Crippen molar-refractivity contribution >= 4 is 29.7 Å². The van der Waals surface area contributed by atoms with Gasteiger partial charge in [0, 0.05) is 5.02 Å². The summed E-state index contributed by atoms with van der Waals surface area (Å²) in [5.41, 5.74) is 1.63. The number of hydrogen-bond donors (Lipinski definition) is 1. The summed E-state index contributed by atoms with van der Waals surface area (Å²) >= 11 is 5.93. The highest BCUT2D eigenvalue weighted by Crippen LogP contribution is 2.17. The molecule has 2 rings (SSSR count). The number of halogens is 1. The number of benzene rings is 2. The molecule has 1 amide bonds. The highest BCUT2D eigenvalue weighted by Gasteiger charge is 2.12. The van der Waals surface area contributed by atoms with Crippen LogP contribution in [0.2, 0.25) is 5.02 Å². The molecule has 1 N–H and O–H groups in total. The van der Waals surface area contributed by atoms with Crippen molar-refractivity contribution in [3.8, 4) is 5.75 Å². The Morgan fingerprint density at radius 2 is 1.93 bits per heavy atom. The zero-order valence-corrected chi connectivity index (χ0v) is 16.3. The molecule has 1 atom stereocenters. The van der Waals surface area contributed by atoms with Crippen molar-refractivity contribution < 1.29 is 23.9 Å². The van der Waals surface area contributed by atoms with E-state index in [1.807, 2.05) is 13.0 Å². The molecule has 0 radical (unpaired) electrons. The molecule has 0 heterocycles. The summed E-state index contributed by atoms with van der Waals surface area (Å²) in [5.74, 6) is -0.399. The molecule has 0 bridgehead atoms. The zero-order chi connectivity index (χ0) is 20.4. The van der Waals surface area contributed by atoms with Crippen molar-refractivity contribution in [3.63, 3.8) is 0 Å². The first-order valence-electron chi connectivity index (χ1n) is 8.48. The van der Waals surface area contributed by atoms with Crippen molar-refractivity contribution in [2.24, 2.45) is 5.16 Å². The van der Waals surface area contributed by atoms with E-state index in [-0.39, 0.29) is 6.04 Å². The molecule has 28 heavy (non-hydrogen) atoms. The molecule has 0 unspecified atom stereocenters. The van der Waals surface area contributed by atoms with Gasteiger partial charge in [0.2, 0.25) is 6.61 Å². The number of ether oxygens (including phenoxy) is 2. The Morgan fingerprint density at radius 3 is 2.61 bits per heavy atom. The van der Waals surface area contributed by atoms with Gasteiger partial charge in [-0.25, -0.2) is 4.79 Å². The van der Waals surface area contributed by atoms with Gasteiger partial charge in [-0.05, 0) is 54.4 Å². The predicted molar refractivity (Wildman–Crippen MR) is 106 cm³/mol. The highest BCUT2D eigenvalue weighted by molar-refractivity contribution is 6.30. The number of esters is 1. The molecule has 0 saturated carbocycles. The van der Waals surface area contributed by atoms with Gasteiger partial charge < -0.3 is 19.6 Å². The van der Waals surface area contributed by atoms with Crippen molar-refractivity contribution in [2.75, 3.05) is 20.3 Å². The number of rotatable bonds is 9. The van der Waals surface area contributed by atoms with E-state index in [1.165, 1.54) is 6.21 Å². The van der Waals surface area contributed by atoms with E-state index in [0.717, 1.165) is 16.9 Å². The molecule has 0 aromatic heterocycles. The summed E-state index contributed by atoms with van der Waals surface area (Å²) in [6, 6.07) is 14.0. The number of amides is 1. The van der Waals surface area contributed by atoms with E-state index in [0.29, 0.717) is 5.02 Å². The van der Waals surface area contributed by atoms with Crippen LogP contribution in [0, 0.1) is 0 Å². The number of carbonyl (C=O) groups excluding carboxylic acids is 2. The Balaban J connectivity index is 1.67. The normalized spacial score (nSPS) is 11.7. The molecule has 0 saturated heterocycles. The summed E-state index contributed by atoms with van der Waals surface area (Å²) in [5, 5.41) is 6.98. The average molecular weight is 405 g/mol. The molecule has 0 fully saturated rings. The minimum absolute atomic E-state index is 0.268. The third-order valence-corrected chi connectivity index (χ3v) is 3.90. The molecule has 0 aliphatic heterocycles. The molecule has 2 aromatic carbocycles. The summed E-state index contributed by atoms with van der Waals surface area (Å²) in [6.07, 6.45) is 1.45. The van der Waals surface area contributed by atoms with Gasteiger partial charge in [-0.15, -0.1) is 0 Å². The minimum atomic E-state index is -0.697. The van der Waals surface area contributed by atoms with Crippen LogP contribution >= 0.6 is 11.6 Å². The fourth-order valence-electron chi connectivity index (χ4n) is 2.21. The van der Waals surface area contributed by atoms with Gasteiger partial charge in [0.05, 0.1) is 19.4 Å². The second-order valence-electron chi connectivity index (χ2n) is 5.79. The van der Waals surface area contributed by atoms with Crippen LogP contribution in [0.15, 0.2) is 53.7 Å². The lowest BCUT2D eigenvalue weighted by molar-refractivity contribution is -0.153. The van der Waals surface area contributed by atoms with Crippen LogP contribution in [0.4, 0.5) is 0 Å². The molecule has 148 valence electrons. The van der Waals surface area contributed by atoms with Crippen molar-refractivity contribution in [1.29, 1.82) is 0 Å². The predicted octanol–water partition coefficient (Wildman–Crippen LogP) is 3.12. The maximum Gasteiger partial charge on any atom is 0.347 e. The van der Waals surface area contributed by atoms with Gasteiger partial charge >= 0.3 is 5.97 Å². The fraction of sp³-hybridized carbons (Fsp3) is 0.250. The topological polar surface area (TPSA) is 86.2 Å². The number of nitrogens with zero attached hydrogens (tertiary/aromatic N) is 1. The van der Waals surface area contributed by atoms with E-state index in [4.69, 9.17) is 25.9 Å². The second-order valence-corrected chi connectivity index (χ2v) is 6.22. The Morgan fingerprint density at radius 1 is 1.18 bits per heavy atom. The van der Waals surface area contributed by atoms with Crippen molar-refractivity contribution in [1.82, 2.24) is 5.32 Å². The lowest BCUT2D eigenvalue weighted by Gasteiger charge is -2.14. The first-order chi connectivity index (χ1) is 13.5. The molecule has 0 aliphatic rings. The summed E-state index contributed by atoms with van der Waals surface area (Å²) in [4.78, 5) is 28.4.